The Balaban J connectivity index is 1.19. The summed E-state index contributed by atoms with van der Waals surface area (Å²) in [7, 11) is 0. The van der Waals surface area contributed by atoms with E-state index in [0.717, 1.165) is 44.7 Å². The van der Waals surface area contributed by atoms with E-state index in [2.05, 4.69) is 53.9 Å². The molecule has 0 spiro atoms. The fourth-order valence-electron chi connectivity index (χ4n) is 5.52. The Morgan fingerprint density at radius 3 is 2.91 bits per heavy atom. The molecular weight excluding hydrogens is 418 g/mol. The van der Waals surface area contributed by atoms with Gasteiger partial charge in [-0.15, -0.1) is 0 Å². The lowest BCUT2D eigenvalue weighted by atomic mass is 9.88. The van der Waals surface area contributed by atoms with Crippen LogP contribution in [0.15, 0.2) is 48.1 Å². The number of aryl methyl sites for hydroxylation is 1. The minimum atomic E-state index is -0.500. The highest BCUT2D eigenvalue weighted by Gasteiger charge is 2.43. The molecule has 5 atom stereocenters. The number of rotatable bonds is 10. The fraction of sp³-hybridized carbons (Fsp3) is 0.630. The lowest BCUT2D eigenvalue weighted by Crippen LogP contribution is -2.37. The van der Waals surface area contributed by atoms with Crippen LogP contribution in [-0.4, -0.2) is 71.7 Å². The van der Waals surface area contributed by atoms with E-state index in [1.807, 2.05) is 12.1 Å². The third kappa shape index (κ3) is 6.71. The summed E-state index contributed by atoms with van der Waals surface area (Å²) in [5.41, 5.74) is 3.95. The highest BCUT2D eigenvalue weighted by molar-refractivity contribution is 7.99. The van der Waals surface area contributed by atoms with Gasteiger partial charge < -0.3 is 14.9 Å². The second-order valence-electron chi connectivity index (χ2n) is 9.70. The van der Waals surface area contributed by atoms with Crippen LogP contribution >= 0.6 is 11.8 Å². The number of ether oxygens (including phenoxy) is 1. The molecule has 5 heteroatoms. The van der Waals surface area contributed by atoms with E-state index in [1.54, 1.807) is 5.57 Å². The van der Waals surface area contributed by atoms with Gasteiger partial charge in [0.25, 0.3) is 0 Å². The molecule has 0 aromatic heterocycles. The Kier molecular flexibility index (Phi) is 8.90. The fourth-order valence-corrected chi connectivity index (χ4v) is 6.52. The van der Waals surface area contributed by atoms with Gasteiger partial charge in [-0.05, 0) is 49.3 Å². The van der Waals surface area contributed by atoms with Gasteiger partial charge >= 0.3 is 0 Å². The van der Waals surface area contributed by atoms with Gasteiger partial charge in [0.15, 0.2) is 0 Å². The molecule has 4 rings (SSSR count). The number of aliphatic hydroxyl groups is 2. The molecule has 3 aliphatic rings. The van der Waals surface area contributed by atoms with Crippen molar-refractivity contribution in [2.75, 3.05) is 44.4 Å². The van der Waals surface area contributed by atoms with Crippen LogP contribution in [0, 0.1) is 24.7 Å². The molecule has 1 saturated heterocycles. The largest absolute Gasteiger partial charge is 0.392 e. The molecule has 2 N–H and O–H groups in total. The summed E-state index contributed by atoms with van der Waals surface area (Å²) in [5, 5.41) is 21.1. The molecule has 0 amide bonds. The second-order valence-corrected chi connectivity index (χ2v) is 10.9. The van der Waals surface area contributed by atoms with Gasteiger partial charge in [-0.1, -0.05) is 53.6 Å². The highest BCUT2D eigenvalue weighted by Crippen LogP contribution is 2.48. The van der Waals surface area contributed by atoms with Crippen molar-refractivity contribution in [2.24, 2.45) is 17.8 Å². The maximum atomic E-state index is 10.6. The van der Waals surface area contributed by atoms with Crippen LogP contribution in [0.3, 0.4) is 0 Å². The minimum absolute atomic E-state index is 0.162. The van der Waals surface area contributed by atoms with Gasteiger partial charge in [0.2, 0.25) is 0 Å². The molecule has 1 aromatic carbocycles. The van der Waals surface area contributed by atoms with E-state index in [-0.39, 0.29) is 12.0 Å². The molecule has 0 radical (unpaired) electrons. The van der Waals surface area contributed by atoms with Gasteiger partial charge in [-0.25, -0.2) is 0 Å². The molecule has 176 valence electrons. The zero-order valence-corrected chi connectivity index (χ0v) is 20.2. The molecule has 1 aromatic rings. The lowest BCUT2D eigenvalue weighted by Gasteiger charge is -2.26. The van der Waals surface area contributed by atoms with E-state index in [9.17, 15) is 10.2 Å². The van der Waals surface area contributed by atoms with Crippen molar-refractivity contribution in [2.45, 2.75) is 44.8 Å². The van der Waals surface area contributed by atoms with E-state index in [1.165, 1.54) is 30.0 Å². The minimum Gasteiger partial charge on any atom is -0.392 e. The first-order chi connectivity index (χ1) is 15.6. The second kappa shape index (κ2) is 11.8. The summed E-state index contributed by atoms with van der Waals surface area (Å²) in [4.78, 5) is 2.50. The first-order valence-electron chi connectivity index (χ1n) is 12.3. The van der Waals surface area contributed by atoms with E-state index in [0.29, 0.717) is 18.3 Å². The number of aliphatic hydroxyl groups excluding tert-OH is 2. The molecule has 1 heterocycles. The van der Waals surface area contributed by atoms with Crippen molar-refractivity contribution in [1.29, 1.82) is 0 Å². The van der Waals surface area contributed by atoms with E-state index >= 15 is 0 Å². The van der Waals surface area contributed by atoms with Crippen molar-refractivity contribution in [1.82, 2.24) is 4.90 Å². The maximum absolute atomic E-state index is 10.6. The number of hydrogen-bond acceptors (Lipinski definition) is 5. The van der Waals surface area contributed by atoms with E-state index < -0.39 is 6.10 Å². The number of fused-ring (bicyclic) bond motifs is 1. The summed E-state index contributed by atoms with van der Waals surface area (Å²) >= 11 is 2.06. The van der Waals surface area contributed by atoms with E-state index in [4.69, 9.17) is 4.74 Å². The number of nitrogens with zero attached hydrogens (tertiary/aromatic N) is 1. The summed E-state index contributed by atoms with van der Waals surface area (Å²) in [5.74, 6) is 3.55. The van der Waals surface area contributed by atoms with Gasteiger partial charge in [-0.3, -0.25) is 4.90 Å². The van der Waals surface area contributed by atoms with Gasteiger partial charge in [0, 0.05) is 37.7 Å². The monoisotopic (exact) mass is 457 g/mol. The average molecular weight is 458 g/mol. The van der Waals surface area contributed by atoms with Crippen molar-refractivity contribution < 1.29 is 14.9 Å². The maximum Gasteiger partial charge on any atom is 0.0761 e. The topological polar surface area (TPSA) is 52.9 Å². The number of thioether (sulfide) groups is 1. The molecule has 0 bridgehead atoms. The zero-order valence-electron chi connectivity index (χ0n) is 19.4. The smallest absolute Gasteiger partial charge is 0.0761 e. The summed E-state index contributed by atoms with van der Waals surface area (Å²) < 4.78 is 5.42. The van der Waals surface area contributed by atoms with Crippen LogP contribution in [0.25, 0.3) is 0 Å². The molecule has 32 heavy (non-hydrogen) atoms. The normalized spacial score (nSPS) is 29.4. The van der Waals surface area contributed by atoms with Crippen molar-refractivity contribution in [3.05, 3.63) is 59.2 Å². The number of allylic oxidation sites excluding steroid dienone is 2. The first-order valence-corrected chi connectivity index (χ1v) is 13.4. The van der Waals surface area contributed by atoms with Gasteiger partial charge in [0.05, 0.1) is 25.4 Å². The third-order valence-electron chi connectivity index (χ3n) is 7.26. The number of hydrogen-bond donors (Lipinski definition) is 2. The molecule has 2 fully saturated rings. The van der Waals surface area contributed by atoms with Crippen LogP contribution in [0.5, 0.6) is 0 Å². The van der Waals surface area contributed by atoms with Crippen molar-refractivity contribution >= 4 is 11.8 Å². The molecule has 0 unspecified atom stereocenters. The Morgan fingerprint density at radius 2 is 2.09 bits per heavy atom. The quantitative estimate of drug-likeness (QED) is 0.413. The first kappa shape index (κ1) is 24.0. The number of morpholine rings is 1. The van der Waals surface area contributed by atoms with Crippen LogP contribution in [0.2, 0.25) is 0 Å². The Bertz CT molecular complexity index is 789. The van der Waals surface area contributed by atoms with Crippen molar-refractivity contribution in [3.63, 3.8) is 0 Å². The molecule has 2 aliphatic carbocycles. The Hall–Kier alpha value is -1.11. The van der Waals surface area contributed by atoms with Crippen LogP contribution < -0.4 is 0 Å². The molecular formula is C27H39NO3S. The summed E-state index contributed by atoms with van der Waals surface area (Å²) in [6.45, 7) is 7.16. The predicted molar refractivity (Wildman–Crippen MR) is 133 cm³/mol. The SMILES string of the molecule is Cc1cccc(C[C@@H](O)C=C[C@@H]2[C@H]3CC(CCSCCN4CCOCC4)=C[C@H]3C[C@H]2O)c1. The van der Waals surface area contributed by atoms with Crippen molar-refractivity contribution in [3.8, 4) is 0 Å². The standard InChI is InChI=1S/C27H39NO3S/c1-20-3-2-4-21(15-20)17-24(29)5-6-25-26-18-22(16-23(26)19-27(25)30)7-13-32-14-10-28-8-11-31-12-9-28/h2-6,15-16,23-27,29-30H,7-14,17-19H2,1H3/t23-,24-,25+,26-,27+/m0/s1. The number of benzene rings is 1. The predicted octanol–water partition coefficient (Wildman–Crippen LogP) is 3.85. The summed E-state index contributed by atoms with van der Waals surface area (Å²) in [6.07, 6.45) is 9.45. The van der Waals surface area contributed by atoms with Gasteiger partial charge in [0.1, 0.15) is 0 Å². The van der Waals surface area contributed by atoms with Crippen LogP contribution in [0.1, 0.15) is 30.4 Å². The van der Waals surface area contributed by atoms with Crippen LogP contribution in [-0.2, 0) is 11.2 Å². The summed E-state index contributed by atoms with van der Waals surface area (Å²) in [6, 6.07) is 8.31. The van der Waals surface area contributed by atoms with Crippen LogP contribution in [0.4, 0.5) is 0 Å². The third-order valence-corrected chi connectivity index (χ3v) is 8.22. The average Bonchev–Trinajstić information content (AvgIpc) is 3.29. The van der Waals surface area contributed by atoms with Gasteiger partial charge in [-0.2, -0.15) is 11.8 Å². The molecule has 1 aliphatic heterocycles. The highest BCUT2D eigenvalue weighted by atomic mass is 32.2. The Morgan fingerprint density at radius 1 is 1.25 bits per heavy atom. The zero-order chi connectivity index (χ0) is 22.3. The lowest BCUT2D eigenvalue weighted by molar-refractivity contribution is 0.0410. The molecule has 1 saturated carbocycles. The Labute approximate surface area is 197 Å². The molecule has 4 nitrogen and oxygen atoms in total.